The van der Waals surface area contributed by atoms with Gasteiger partial charge in [-0.15, -0.1) is 0 Å². The first kappa shape index (κ1) is 13.9. The number of halogens is 2. The molecule has 1 aromatic rings. The summed E-state index contributed by atoms with van der Waals surface area (Å²) in [5, 5.41) is 2.84. The molecule has 4 heteroatoms. The minimum absolute atomic E-state index is 0.0948. The molecule has 0 fully saturated rings. The molecule has 0 heterocycles. The molecule has 1 aromatic carbocycles. The Morgan fingerprint density at radius 3 is 2.41 bits per heavy atom. The lowest BCUT2D eigenvalue weighted by Gasteiger charge is -2.32. The highest BCUT2D eigenvalue weighted by Gasteiger charge is 2.27. The second kappa shape index (κ2) is 5.00. The highest BCUT2D eigenvalue weighted by Crippen LogP contribution is 2.25. The highest BCUT2D eigenvalue weighted by atomic mass is 19.1. The van der Waals surface area contributed by atoms with Crippen LogP contribution in [0.4, 0.5) is 14.5 Å². The van der Waals surface area contributed by atoms with Gasteiger partial charge in [0.1, 0.15) is 11.5 Å². The van der Waals surface area contributed by atoms with Crippen LogP contribution in [0.25, 0.3) is 0 Å². The molecule has 0 amide bonds. The van der Waals surface area contributed by atoms with E-state index in [1.807, 2.05) is 20.8 Å². The monoisotopic (exact) mass is 243 g/mol. The van der Waals surface area contributed by atoms with Gasteiger partial charge in [0, 0.05) is 7.11 Å². The van der Waals surface area contributed by atoms with Crippen LogP contribution in [0, 0.1) is 18.6 Å². The molecule has 0 aliphatic rings. The van der Waals surface area contributed by atoms with Gasteiger partial charge in [-0.2, -0.15) is 0 Å². The molecule has 0 bridgehead atoms. The van der Waals surface area contributed by atoms with Crippen LogP contribution in [0.2, 0.25) is 0 Å². The van der Waals surface area contributed by atoms with Gasteiger partial charge in [-0.25, -0.2) is 8.78 Å². The van der Waals surface area contributed by atoms with Crippen molar-refractivity contribution in [3.8, 4) is 0 Å². The van der Waals surface area contributed by atoms with Gasteiger partial charge in [0.25, 0.3) is 0 Å². The summed E-state index contributed by atoms with van der Waals surface area (Å²) in [6.45, 7) is 7.14. The first-order chi connectivity index (χ1) is 7.79. The normalized spacial score (nSPS) is 13.6. The van der Waals surface area contributed by atoms with E-state index in [2.05, 4.69) is 5.32 Å². The van der Waals surface area contributed by atoms with E-state index in [1.54, 1.807) is 14.0 Å². The van der Waals surface area contributed by atoms with Crippen molar-refractivity contribution >= 4 is 5.69 Å². The van der Waals surface area contributed by atoms with Gasteiger partial charge in [0.2, 0.25) is 0 Å². The molecule has 0 spiro atoms. The van der Waals surface area contributed by atoms with Gasteiger partial charge < -0.3 is 10.1 Å². The molecule has 96 valence electrons. The molecule has 1 unspecified atom stereocenters. The average molecular weight is 243 g/mol. The van der Waals surface area contributed by atoms with Gasteiger partial charge in [0.05, 0.1) is 11.6 Å². The maximum atomic E-state index is 13.8. The molecule has 1 rings (SSSR count). The minimum Gasteiger partial charge on any atom is -0.377 e. The summed E-state index contributed by atoms with van der Waals surface area (Å²) in [6.07, 6.45) is 0. The first-order valence-corrected chi connectivity index (χ1v) is 5.56. The Bertz CT molecular complexity index is 405. The second-order valence-corrected chi connectivity index (χ2v) is 4.73. The third kappa shape index (κ3) is 2.94. The van der Waals surface area contributed by atoms with Crippen molar-refractivity contribution < 1.29 is 13.5 Å². The van der Waals surface area contributed by atoms with Gasteiger partial charge >= 0.3 is 0 Å². The van der Waals surface area contributed by atoms with Crippen molar-refractivity contribution in [2.75, 3.05) is 12.4 Å². The van der Waals surface area contributed by atoms with Crippen LogP contribution in [0.15, 0.2) is 12.1 Å². The Kier molecular flexibility index (Phi) is 4.09. The number of aryl methyl sites for hydroxylation is 1. The Morgan fingerprint density at radius 2 is 1.88 bits per heavy atom. The van der Waals surface area contributed by atoms with E-state index >= 15 is 0 Å². The molecule has 1 N–H and O–H groups in total. The number of ether oxygens (including phenoxy) is 1. The molecule has 0 aliphatic heterocycles. The third-order valence-corrected chi connectivity index (χ3v) is 3.21. The summed E-state index contributed by atoms with van der Waals surface area (Å²) in [4.78, 5) is 0. The molecule has 0 aromatic heterocycles. The molecular formula is C13H19F2NO. The number of rotatable bonds is 4. The van der Waals surface area contributed by atoms with E-state index in [0.29, 0.717) is 5.56 Å². The summed E-state index contributed by atoms with van der Waals surface area (Å²) >= 11 is 0. The SMILES string of the molecule is COC(C)(C)C(C)Nc1c(F)ccc(C)c1F. The van der Waals surface area contributed by atoms with Crippen LogP contribution < -0.4 is 5.32 Å². The third-order valence-electron chi connectivity index (χ3n) is 3.21. The van der Waals surface area contributed by atoms with Crippen molar-refractivity contribution in [1.29, 1.82) is 0 Å². The van der Waals surface area contributed by atoms with Crippen LogP contribution in [-0.2, 0) is 4.74 Å². The highest BCUT2D eigenvalue weighted by molar-refractivity contribution is 5.50. The van der Waals surface area contributed by atoms with E-state index in [9.17, 15) is 8.78 Å². The Labute approximate surface area is 101 Å². The molecule has 0 aliphatic carbocycles. The van der Waals surface area contributed by atoms with Gasteiger partial charge in [0.15, 0.2) is 5.82 Å². The number of anilines is 1. The lowest BCUT2D eigenvalue weighted by atomic mass is 10.00. The summed E-state index contributed by atoms with van der Waals surface area (Å²) in [7, 11) is 1.57. The molecule has 17 heavy (non-hydrogen) atoms. The Hall–Kier alpha value is -1.16. The van der Waals surface area contributed by atoms with Crippen LogP contribution >= 0.6 is 0 Å². The Morgan fingerprint density at radius 1 is 1.29 bits per heavy atom. The second-order valence-electron chi connectivity index (χ2n) is 4.73. The quantitative estimate of drug-likeness (QED) is 0.874. The number of hydrogen-bond donors (Lipinski definition) is 1. The largest absolute Gasteiger partial charge is 0.377 e. The van der Waals surface area contributed by atoms with Crippen LogP contribution in [0.1, 0.15) is 26.3 Å². The fourth-order valence-electron chi connectivity index (χ4n) is 1.36. The van der Waals surface area contributed by atoms with Gasteiger partial charge in [-0.3, -0.25) is 0 Å². The maximum absolute atomic E-state index is 13.8. The van der Waals surface area contributed by atoms with Crippen LogP contribution in [0.3, 0.4) is 0 Å². The zero-order valence-electron chi connectivity index (χ0n) is 10.9. The zero-order chi connectivity index (χ0) is 13.2. The molecule has 0 radical (unpaired) electrons. The summed E-state index contributed by atoms with van der Waals surface area (Å²) in [5.41, 5.74) is -0.193. The number of methoxy groups -OCH3 is 1. The standard InChI is InChI=1S/C13H19F2NO/c1-8-6-7-10(14)12(11(8)15)16-9(2)13(3,4)17-5/h6-7,9,16H,1-5H3. The van der Waals surface area contributed by atoms with Crippen molar-refractivity contribution in [2.45, 2.75) is 39.3 Å². The number of hydrogen-bond acceptors (Lipinski definition) is 2. The number of nitrogens with one attached hydrogen (secondary N) is 1. The molecular weight excluding hydrogens is 224 g/mol. The van der Waals surface area contributed by atoms with E-state index in [1.165, 1.54) is 12.1 Å². The first-order valence-electron chi connectivity index (χ1n) is 5.56. The summed E-state index contributed by atoms with van der Waals surface area (Å²) in [5.74, 6) is -1.14. The molecule has 0 saturated heterocycles. The van der Waals surface area contributed by atoms with Gasteiger partial charge in [-0.1, -0.05) is 6.07 Å². The van der Waals surface area contributed by atoms with Crippen LogP contribution in [0.5, 0.6) is 0 Å². The predicted molar refractivity (Wildman–Crippen MR) is 65.3 cm³/mol. The molecule has 0 saturated carbocycles. The predicted octanol–water partition coefficient (Wildman–Crippen LogP) is 3.50. The van der Waals surface area contributed by atoms with E-state index < -0.39 is 17.2 Å². The summed E-state index contributed by atoms with van der Waals surface area (Å²) < 4.78 is 32.6. The minimum atomic E-state index is -0.591. The molecule has 1 atom stereocenters. The van der Waals surface area contributed by atoms with Crippen molar-refractivity contribution in [2.24, 2.45) is 0 Å². The fourth-order valence-corrected chi connectivity index (χ4v) is 1.36. The lowest BCUT2D eigenvalue weighted by Crippen LogP contribution is -2.41. The topological polar surface area (TPSA) is 21.3 Å². The van der Waals surface area contributed by atoms with Crippen LogP contribution in [-0.4, -0.2) is 18.8 Å². The average Bonchev–Trinajstić information content (AvgIpc) is 2.29. The fraction of sp³-hybridized carbons (Fsp3) is 0.538. The smallest absolute Gasteiger partial charge is 0.152 e. The number of benzene rings is 1. The van der Waals surface area contributed by atoms with Crippen molar-refractivity contribution in [1.82, 2.24) is 0 Å². The van der Waals surface area contributed by atoms with Gasteiger partial charge in [-0.05, 0) is 39.3 Å². The molecule has 2 nitrogen and oxygen atoms in total. The van der Waals surface area contributed by atoms with E-state index in [0.717, 1.165) is 0 Å². The van der Waals surface area contributed by atoms with Crippen molar-refractivity contribution in [3.63, 3.8) is 0 Å². The lowest BCUT2D eigenvalue weighted by molar-refractivity contribution is 0.0106. The van der Waals surface area contributed by atoms with E-state index in [-0.39, 0.29) is 11.7 Å². The van der Waals surface area contributed by atoms with E-state index in [4.69, 9.17) is 4.74 Å². The Balaban J connectivity index is 3.00. The maximum Gasteiger partial charge on any atom is 0.152 e. The zero-order valence-corrected chi connectivity index (χ0v) is 10.9. The summed E-state index contributed by atoms with van der Waals surface area (Å²) in [6, 6.07) is 2.45. The van der Waals surface area contributed by atoms with Crippen molar-refractivity contribution in [3.05, 3.63) is 29.3 Å².